The second-order valence-electron chi connectivity index (χ2n) is 5.65. The summed E-state index contributed by atoms with van der Waals surface area (Å²) in [5.41, 5.74) is 1.75. The summed E-state index contributed by atoms with van der Waals surface area (Å²) in [4.78, 5) is 8.69. The fraction of sp³-hybridized carbons (Fsp3) is 0.235. The number of nitrogens with zero attached hydrogens (tertiary/aromatic N) is 3. The van der Waals surface area contributed by atoms with Crippen LogP contribution in [0, 0.1) is 5.21 Å². The first-order valence-corrected chi connectivity index (χ1v) is 9.70. The number of hydrogen-bond acceptors (Lipinski definition) is 6. The Labute approximate surface area is 151 Å². The first-order chi connectivity index (χ1) is 12.5. The molecule has 0 bridgehead atoms. The van der Waals surface area contributed by atoms with Crippen LogP contribution in [0.1, 0.15) is 18.9 Å². The van der Waals surface area contributed by atoms with Crippen molar-refractivity contribution in [2.75, 3.05) is 10.5 Å². The second-order valence-corrected chi connectivity index (χ2v) is 7.49. The monoisotopic (exact) mass is 374 g/mol. The first-order valence-electron chi connectivity index (χ1n) is 8.04. The van der Waals surface area contributed by atoms with Gasteiger partial charge in [-0.25, -0.2) is 18.4 Å². The highest BCUT2D eigenvalue weighted by atomic mass is 32.2. The van der Waals surface area contributed by atoms with Crippen LogP contribution in [0.25, 0.3) is 11.0 Å². The van der Waals surface area contributed by atoms with Crippen molar-refractivity contribution in [1.29, 1.82) is 0 Å². The number of pyridine rings is 1. The van der Waals surface area contributed by atoms with E-state index in [2.05, 4.69) is 14.7 Å². The average Bonchev–Trinajstić information content (AvgIpc) is 2.59. The van der Waals surface area contributed by atoms with Crippen LogP contribution in [-0.2, 0) is 16.6 Å². The highest BCUT2D eigenvalue weighted by molar-refractivity contribution is 7.92. The maximum absolute atomic E-state index is 12.1. The van der Waals surface area contributed by atoms with Gasteiger partial charge in [0.15, 0.2) is 12.4 Å². The molecular weight excluding hydrogens is 356 g/mol. The molecule has 3 rings (SSSR count). The van der Waals surface area contributed by atoms with Gasteiger partial charge in [0.05, 0.1) is 22.3 Å². The number of hydrogen-bond donors (Lipinski definition) is 1. The standard InChI is InChI=1S/C17H18N4O4S/c1-2-10-26(23,24)20-16-17(19-15-8-4-3-7-14(15)18-16)25-12-13-6-5-9-21(22)11-13/h3-9,11H,2,10,12H2,1H3,(H,18,20). The fourth-order valence-electron chi connectivity index (χ4n) is 2.36. The first kappa shape index (κ1) is 17.9. The van der Waals surface area contributed by atoms with Crippen LogP contribution in [0.15, 0.2) is 48.8 Å². The summed E-state index contributed by atoms with van der Waals surface area (Å²) >= 11 is 0. The molecule has 8 nitrogen and oxygen atoms in total. The van der Waals surface area contributed by atoms with Crippen LogP contribution in [0.2, 0.25) is 0 Å². The molecule has 0 radical (unpaired) electrons. The van der Waals surface area contributed by atoms with Crippen LogP contribution in [0.5, 0.6) is 5.88 Å². The number of aromatic nitrogens is 3. The zero-order valence-corrected chi connectivity index (χ0v) is 14.9. The smallest absolute Gasteiger partial charge is 0.259 e. The highest BCUT2D eigenvalue weighted by Crippen LogP contribution is 2.25. The Kier molecular flexibility index (Phi) is 5.17. The van der Waals surface area contributed by atoms with E-state index >= 15 is 0 Å². The molecule has 0 saturated heterocycles. The number of anilines is 1. The van der Waals surface area contributed by atoms with Gasteiger partial charge in [-0.3, -0.25) is 4.72 Å². The lowest BCUT2D eigenvalue weighted by atomic mass is 10.3. The van der Waals surface area contributed by atoms with E-state index in [9.17, 15) is 13.6 Å². The Bertz CT molecular complexity index is 1020. The van der Waals surface area contributed by atoms with Crippen molar-refractivity contribution in [3.63, 3.8) is 0 Å². The van der Waals surface area contributed by atoms with E-state index in [1.807, 2.05) is 0 Å². The number of para-hydroxylation sites is 2. The Morgan fingerprint density at radius 1 is 1.15 bits per heavy atom. The van der Waals surface area contributed by atoms with Crippen LogP contribution in [0.3, 0.4) is 0 Å². The van der Waals surface area contributed by atoms with Gasteiger partial charge in [0.1, 0.15) is 6.61 Å². The van der Waals surface area contributed by atoms with E-state index in [-0.39, 0.29) is 24.1 Å². The van der Waals surface area contributed by atoms with Gasteiger partial charge in [0.25, 0.3) is 5.88 Å². The number of nitrogens with one attached hydrogen (secondary N) is 1. The van der Waals surface area contributed by atoms with Crippen molar-refractivity contribution in [3.05, 3.63) is 59.6 Å². The van der Waals surface area contributed by atoms with Gasteiger partial charge < -0.3 is 9.94 Å². The van der Waals surface area contributed by atoms with Crippen molar-refractivity contribution in [2.24, 2.45) is 0 Å². The van der Waals surface area contributed by atoms with Crippen molar-refractivity contribution >= 4 is 26.9 Å². The zero-order valence-electron chi connectivity index (χ0n) is 14.1. The third-order valence-corrected chi connectivity index (χ3v) is 4.93. The number of rotatable bonds is 7. The average molecular weight is 374 g/mol. The van der Waals surface area contributed by atoms with E-state index in [1.165, 1.54) is 12.4 Å². The molecule has 0 spiro atoms. The molecule has 136 valence electrons. The topological polar surface area (TPSA) is 108 Å². The van der Waals surface area contributed by atoms with Crippen LogP contribution < -0.4 is 14.2 Å². The highest BCUT2D eigenvalue weighted by Gasteiger charge is 2.17. The summed E-state index contributed by atoms with van der Waals surface area (Å²) < 4.78 is 33.0. The molecule has 0 aliphatic carbocycles. The molecule has 2 heterocycles. The summed E-state index contributed by atoms with van der Waals surface area (Å²) in [5, 5.41) is 11.3. The minimum Gasteiger partial charge on any atom is -0.619 e. The molecule has 2 aromatic heterocycles. The molecule has 9 heteroatoms. The Morgan fingerprint density at radius 3 is 2.58 bits per heavy atom. The molecule has 1 N–H and O–H groups in total. The summed E-state index contributed by atoms with van der Waals surface area (Å²) in [7, 11) is -3.55. The maximum Gasteiger partial charge on any atom is 0.259 e. The van der Waals surface area contributed by atoms with Crippen LogP contribution in [-0.4, -0.2) is 24.1 Å². The van der Waals surface area contributed by atoms with Gasteiger partial charge in [-0.1, -0.05) is 19.1 Å². The van der Waals surface area contributed by atoms with Crippen LogP contribution >= 0.6 is 0 Å². The van der Waals surface area contributed by atoms with Crippen molar-refractivity contribution < 1.29 is 17.9 Å². The van der Waals surface area contributed by atoms with Crippen LogP contribution in [0.4, 0.5) is 5.82 Å². The Hall–Kier alpha value is -2.94. The van der Waals surface area contributed by atoms with E-state index in [4.69, 9.17) is 4.74 Å². The Balaban J connectivity index is 1.94. The SMILES string of the molecule is CCCS(=O)(=O)Nc1nc2ccccc2nc1OCc1ccc[n+]([O-])c1. The third kappa shape index (κ3) is 4.37. The predicted octanol–water partition coefficient (Wildman–Crippen LogP) is 1.99. The van der Waals surface area contributed by atoms with E-state index in [0.29, 0.717) is 27.7 Å². The number of benzene rings is 1. The van der Waals surface area contributed by atoms with Gasteiger partial charge in [-0.05, 0) is 24.6 Å². The third-order valence-electron chi connectivity index (χ3n) is 3.48. The lowest BCUT2D eigenvalue weighted by molar-refractivity contribution is -0.606. The summed E-state index contributed by atoms with van der Waals surface area (Å²) in [6, 6.07) is 10.4. The normalized spacial score (nSPS) is 11.4. The zero-order chi connectivity index (χ0) is 18.6. The van der Waals surface area contributed by atoms with Gasteiger partial charge in [-0.15, -0.1) is 0 Å². The lowest BCUT2D eigenvalue weighted by Crippen LogP contribution is -2.25. The summed E-state index contributed by atoms with van der Waals surface area (Å²) in [6.45, 7) is 1.83. The number of ether oxygens (including phenoxy) is 1. The molecule has 0 aliphatic heterocycles. The molecule has 0 unspecified atom stereocenters. The van der Waals surface area contributed by atoms with E-state index in [1.54, 1.807) is 43.3 Å². The molecule has 0 fully saturated rings. The molecular formula is C17H18N4O4S. The lowest BCUT2D eigenvalue weighted by Gasteiger charge is -2.12. The van der Waals surface area contributed by atoms with Crippen molar-refractivity contribution in [1.82, 2.24) is 9.97 Å². The summed E-state index contributed by atoms with van der Waals surface area (Å²) in [5.74, 6) is 0.0586. The molecule has 3 aromatic rings. The minimum absolute atomic E-state index is 0.0306. The molecule has 0 atom stereocenters. The minimum atomic E-state index is -3.55. The molecule has 0 amide bonds. The van der Waals surface area contributed by atoms with E-state index < -0.39 is 10.0 Å². The van der Waals surface area contributed by atoms with Gasteiger partial charge in [0.2, 0.25) is 15.8 Å². The molecule has 26 heavy (non-hydrogen) atoms. The molecule has 0 aliphatic rings. The van der Waals surface area contributed by atoms with Crippen molar-refractivity contribution in [3.8, 4) is 5.88 Å². The molecule has 1 aromatic carbocycles. The number of fused-ring (bicyclic) bond motifs is 1. The molecule has 0 saturated carbocycles. The largest absolute Gasteiger partial charge is 0.619 e. The van der Waals surface area contributed by atoms with Gasteiger partial charge in [0, 0.05) is 6.07 Å². The van der Waals surface area contributed by atoms with Gasteiger partial charge >= 0.3 is 0 Å². The maximum atomic E-state index is 12.1. The van der Waals surface area contributed by atoms with Gasteiger partial charge in [-0.2, -0.15) is 4.73 Å². The second kappa shape index (κ2) is 7.52. The van der Waals surface area contributed by atoms with E-state index in [0.717, 1.165) is 0 Å². The number of sulfonamides is 1. The quantitative estimate of drug-likeness (QED) is 0.500. The van der Waals surface area contributed by atoms with Crippen molar-refractivity contribution in [2.45, 2.75) is 20.0 Å². The summed E-state index contributed by atoms with van der Waals surface area (Å²) in [6.07, 6.45) is 3.21. The predicted molar refractivity (Wildman–Crippen MR) is 97.0 cm³/mol. The Morgan fingerprint density at radius 2 is 1.88 bits per heavy atom. The fourth-order valence-corrected chi connectivity index (χ4v) is 3.42.